The maximum absolute atomic E-state index is 6.40. The number of fused-ring (bicyclic) bond motifs is 9. The van der Waals surface area contributed by atoms with Crippen molar-refractivity contribution in [2.24, 2.45) is 0 Å². The van der Waals surface area contributed by atoms with Gasteiger partial charge >= 0.3 is 0 Å². The topological polar surface area (TPSA) is 65.0 Å². The summed E-state index contributed by atoms with van der Waals surface area (Å²) in [6.07, 6.45) is 0. The second kappa shape index (κ2) is 10.9. The van der Waals surface area contributed by atoms with Crippen molar-refractivity contribution in [1.82, 2.24) is 15.0 Å². The third kappa shape index (κ3) is 4.43. The number of rotatable bonds is 4. The van der Waals surface area contributed by atoms with Crippen LogP contribution in [0.5, 0.6) is 0 Å². The lowest BCUT2D eigenvalue weighted by Crippen LogP contribution is -2.00. The Morgan fingerprint density at radius 2 is 0.863 bits per heavy atom. The molecule has 0 spiro atoms. The Morgan fingerprint density at radius 1 is 0.353 bits per heavy atom. The summed E-state index contributed by atoms with van der Waals surface area (Å²) in [5, 5.41) is 6.80. The Bertz CT molecular complexity index is 3160. The van der Waals surface area contributed by atoms with Crippen LogP contribution in [0.3, 0.4) is 0 Å². The highest BCUT2D eigenvalue weighted by atomic mass is 32.1. The molecule has 6 heteroatoms. The van der Waals surface area contributed by atoms with Gasteiger partial charge in [-0.3, -0.25) is 0 Å². The van der Waals surface area contributed by atoms with Crippen LogP contribution in [0.4, 0.5) is 0 Å². The fourth-order valence-corrected chi connectivity index (χ4v) is 8.51. The smallest absolute Gasteiger partial charge is 0.167 e. The van der Waals surface area contributed by atoms with Crippen LogP contribution in [0.1, 0.15) is 0 Å². The lowest BCUT2D eigenvalue weighted by Gasteiger charge is -2.09. The minimum atomic E-state index is 0.573. The van der Waals surface area contributed by atoms with Crippen molar-refractivity contribution in [2.45, 2.75) is 0 Å². The summed E-state index contributed by atoms with van der Waals surface area (Å²) in [5.74, 6) is 1.80. The van der Waals surface area contributed by atoms with Gasteiger partial charge in [0.15, 0.2) is 17.5 Å². The first kappa shape index (κ1) is 28.2. The van der Waals surface area contributed by atoms with Crippen LogP contribution < -0.4 is 0 Å². The average Bonchev–Trinajstić information content (AvgIpc) is 3.88. The average molecular weight is 672 g/mol. The van der Waals surface area contributed by atoms with Crippen molar-refractivity contribution in [2.75, 3.05) is 0 Å². The van der Waals surface area contributed by atoms with Crippen LogP contribution in [0, 0.1) is 0 Å². The number of aromatic nitrogens is 3. The minimum Gasteiger partial charge on any atom is -0.455 e. The molecule has 0 aliphatic rings. The van der Waals surface area contributed by atoms with Crippen LogP contribution >= 0.6 is 11.3 Å². The van der Waals surface area contributed by atoms with Gasteiger partial charge in [0.2, 0.25) is 0 Å². The monoisotopic (exact) mass is 671 g/mol. The van der Waals surface area contributed by atoms with Gasteiger partial charge in [-0.05, 0) is 35.9 Å². The molecule has 0 aliphatic carbocycles. The van der Waals surface area contributed by atoms with Gasteiger partial charge in [-0.1, -0.05) is 121 Å². The molecule has 0 radical (unpaired) electrons. The molecular formula is C45H25N3O2S. The maximum atomic E-state index is 6.40. The summed E-state index contributed by atoms with van der Waals surface area (Å²) in [6.45, 7) is 0. The predicted octanol–water partition coefficient (Wildman–Crippen LogP) is 12.7. The number of thiophene rings is 1. The summed E-state index contributed by atoms with van der Waals surface area (Å²) in [7, 11) is 0. The zero-order valence-electron chi connectivity index (χ0n) is 27.0. The van der Waals surface area contributed by atoms with Gasteiger partial charge in [-0.25, -0.2) is 15.0 Å². The van der Waals surface area contributed by atoms with Gasteiger partial charge in [-0.15, -0.1) is 11.3 Å². The van der Waals surface area contributed by atoms with E-state index in [4.69, 9.17) is 23.8 Å². The molecule has 11 aromatic rings. The molecule has 5 nitrogen and oxygen atoms in total. The van der Waals surface area contributed by atoms with E-state index < -0.39 is 0 Å². The highest BCUT2D eigenvalue weighted by Gasteiger charge is 2.19. The molecule has 7 aromatic carbocycles. The first-order chi connectivity index (χ1) is 25.2. The number of benzene rings is 7. The molecule has 0 N–H and O–H groups in total. The van der Waals surface area contributed by atoms with E-state index in [-0.39, 0.29) is 0 Å². The van der Waals surface area contributed by atoms with Crippen LogP contribution in [0.25, 0.3) is 109 Å². The molecule has 0 saturated heterocycles. The largest absolute Gasteiger partial charge is 0.455 e. The first-order valence-corrected chi connectivity index (χ1v) is 17.7. The van der Waals surface area contributed by atoms with E-state index >= 15 is 0 Å². The second-order valence-electron chi connectivity index (χ2n) is 12.8. The Labute approximate surface area is 295 Å². The van der Waals surface area contributed by atoms with Crippen molar-refractivity contribution in [3.8, 4) is 45.3 Å². The number of para-hydroxylation sites is 4. The lowest BCUT2D eigenvalue weighted by molar-refractivity contribution is 0.669. The van der Waals surface area contributed by atoms with Crippen LogP contribution in [-0.4, -0.2) is 15.0 Å². The Kier molecular flexibility index (Phi) is 6.05. The fourth-order valence-electron chi connectivity index (χ4n) is 7.32. The molecule has 0 atom stereocenters. The van der Waals surface area contributed by atoms with Gasteiger partial charge in [0.25, 0.3) is 0 Å². The summed E-state index contributed by atoms with van der Waals surface area (Å²) in [5.41, 5.74) is 8.34. The SMILES string of the molecule is c1ccc(-c2nc(-c3ccc4c(c3)sc3cc(-c5cccc6c5oc5ccccc56)ccc34)nc(-c3cccc4c3oc3ccccc34)n2)cc1. The highest BCUT2D eigenvalue weighted by molar-refractivity contribution is 7.25. The Morgan fingerprint density at radius 3 is 1.55 bits per heavy atom. The van der Waals surface area contributed by atoms with Crippen LogP contribution in [0.2, 0.25) is 0 Å². The van der Waals surface area contributed by atoms with Gasteiger partial charge in [-0.2, -0.15) is 0 Å². The summed E-state index contributed by atoms with van der Waals surface area (Å²) in [6, 6.07) is 52.2. The molecule has 51 heavy (non-hydrogen) atoms. The molecule has 11 rings (SSSR count). The normalized spacial score (nSPS) is 11.9. The third-order valence-corrected chi connectivity index (χ3v) is 10.9. The van der Waals surface area contributed by atoms with E-state index in [0.717, 1.165) is 71.7 Å². The molecule has 238 valence electrons. The molecule has 0 bridgehead atoms. The molecule has 0 saturated carbocycles. The molecule has 0 amide bonds. The zero-order chi connectivity index (χ0) is 33.5. The van der Waals surface area contributed by atoms with Crippen molar-refractivity contribution in [3.63, 3.8) is 0 Å². The van der Waals surface area contributed by atoms with E-state index in [0.29, 0.717) is 17.5 Å². The molecule has 0 unspecified atom stereocenters. The summed E-state index contributed by atoms with van der Waals surface area (Å²) in [4.78, 5) is 15.1. The molecule has 4 heterocycles. The van der Waals surface area contributed by atoms with Gasteiger partial charge in [0.05, 0.1) is 5.56 Å². The Hall–Kier alpha value is -6.63. The van der Waals surface area contributed by atoms with Gasteiger partial charge in [0.1, 0.15) is 22.3 Å². The third-order valence-electron chi connectivity index (χ3n) is 9.76. The minimum absolute atomic E-state index is 0.573. The van der Waals surface area contributed by atoms with Crippen molar-refractivity contribution in [1.29, 1.82) is 0 Å². The van der Waals surface area contributed by atoms with Gasteiger partial charge < -0.3 is 8.83 Å². The second-order valence-corrected chi connectivity index (χ2v) is 13.8. The van der Waals surface area contributed by atoms with E-state index in [2.05, 4.69) is 78.9 Å². The number of furan rings is 2. The van der Waals surface area contributed by atoms with Crippen molar-refractivity contribution >= 4 is 75.4 Å². The lowest BCUT2D eigenvalue weighted by atomic mass is 10.0. The molecule has 0 aliphatic heterocycles. The highest BCUT2D eigenvalue weighted by Crippen LogP contribution is 2.41. The fraction of sp³-hybridized carbons (Fsp3) is 0. The summed E-state index contributed by atoms with van der Waals surface area (Å²) >= 11 is 1.78. The first-order valence-electron chi connectivity index (χ1n) is 16.8. The van der Waals surface area contributed by atoms with E-state index in [1.165, 1.54) is 20.2 Å². The van der Waals surface area contributed by atoms with Gasteiger partial charge in [0, 0.05) is 58.4 Å². The zero-order valence-corrected chi connectivity index (χ0v) is 27.8. The van der Waals surface area contributed by atoms with E-state index in [1.807, 2.05) is 72.8 Å². The quantitative estimate of drug-likeness (QED) is 0.186. The molecule has 0 fully saturated rings. The standard InChI is InChI=1S/C45H25N3O2S/c1-2-10-26(11-3-1)43-46-44(48-45(47-43)36-17-9-16-35-31-13-5-7-19-38(31)50-42(35)36)28-21-23-33-32-22-20-27(24-39(32)51-40(33)25-28)29-14-8-15-34-30-12-4-6-18-37(30)49-41(29)34/h1-25H. The van der Waals surface area contributed by atoms with Crippen LogP contribution in [-0.2, 0) is 0 Å². The van der Waals surface area contributed by atoms with Crippen molar-refractivity contribution < 1.29 is 8.83 Å². The van der Waals surface area contributed by atoms with Crippen molar-refractivity contribution in [3.05, 3.63) is 152 Å². The van der Waals surface area contributed by atoms with Crippen LogP contribution in [0.15, 0.2) is 160 Å². The molecular weight excluding hydrogens is 647 g/mol. The number of hydrogen-bond donors (Lipinski definition) is 0. The summed E-state index contributed by atoms with van der Waals surface area (Å²) < 4.78 is 15.2. The number of hydrogen-bond acceptors (Lipinski definition) is 6. The molecule has 4 aromatic heterocycles. The predicted molar refractivity (Wildman–Crippen MR) is 209 cm³/mol. The number of nitrogens with zero attached hydrogens (tertiary/aromatic N) is 3. The Balaban J connectivity index is 1.06. The maximum Gasteiger partial charge on any atom is 0.167 e. The van der Waals surface area contributed by atoms with E-state index in [1.54, 1.807) is 11.3 Å². The van der Waals surface area contributed by atoms with E-state index in [9.17, 15) is 0 Å².